The van der Waals surface area contributed by atoms with Gasteiger partial charge in [0.2, 0.25) is 5.91 Å². The highest BCUT2D eigenvalue weighted by Gasteiger charge is 2.21. The highest BCUT2D eigenvalue weighted by molar-refractivity contribution is 7.25. The predicted octanol–water partition coefficient (Wildman–Crippen LogP) is 4.59. The standard InChI is InChI=1S/C25H17F2N3O3S/c1-14-10-11-15(12-18(14)27)30-24(32)23-22(16-6-2-5-9-20(16)34-23)29(25(30)33)13-21(31)28-19-8-4-3-7-17(19)26/h2-12H,13H2,1H3,(H,28,31). The van der Waals surface area contributed by atoms with Gasteiger partial charge in [0.25, 0.3) is 5.56 Å². The number of rotatable bonds is 4. The van der Waals surface area contributed by atoms with Crippen molar-refractivity contribution < 1.29 is 13.6 Å². The van der Waals surface area contributed by atoms with E-state index in [9.17, 15) is 23.2 Å². The fourth-order valence-electron chi connectivity index (χ4n) is 3.84. The number of para-hydroxylation sites is 1. The molecule has 3 aromatic carbocycles. The number of nitrogens with one attached hydrogen (secondary N) is 1. The molecule has 34 heavy (non-hydrogen) atoms. The smallest absolute Gasteiger partial charge is 0.322 e. The van der Waals surface area contributed by atoms with Gasteiger partial charge in [-0.15, -0.1) is 11.3 Å². The Hall–Kier alpha value is -4.11. The predicted molar refractivity (Wildman–Crippen MR) is 129 cm³/mol. The summed E-state index contributed by atoms with van der Waals surface area (Å²) < 4.78 is 31.3. The third kappa shape index (κ3) is 3.60. The average molecular weight is 477 g/mol. The summed E-state index contributed by atoms with van der Waals surface area (Å²) in [6, 6.07) is 16.9. The molecule has 0 fully saturated rings. The third-order valence-corrected chi connectivity index (χ3v) is 6.67. The van der Waals surface area contributed by atoms with E-state index in [4.69, 9.17) is 0 Å². The van der Waals surface area contributed by atoms with Gasteiger partial charge in [0, 0.05) is 10.1 Å². The van der Waals surface area contributed by atoms with E-state index in [2.05, 4.69) is 5.32 Å². The first kappa shape index (κ1) is 21.7. The number of aromatic nitrogens is 2. The van der Waals surface area contributed by atoms with Crippen LogP contribution in [0.2, 0.25) is 0 Å². The Morgan fingerprint density at radius 1 is 0.971 bits per heavy atom. The Bertz CT molecular complexity index is 1720. The van der Waals surface area contributed by atoms with E-state index >= 15 is 0 Å². The van der Waals surface area contributed by atoms with Crippen LogP contribution in [0.15, 0.2) is 76.3 Å². The average Bonchev–Trinajstić information content (AvgIpc) is 3.20. The van der Waals surface area contributed by atoms with Crippen molar-refractivity contribution in [1.29, 1.82) is 0 Å². The molecule has 6 nitrogen and oxygen atoms in total. The molecule has 0 atom stereocenters. The zero-order valence-electron chi connectivity index (χ0n) is 17.8. The first-order chi connectivity index (χ1) is 16.3. The Morgan fingerprint density at radius 2 is 1.71 bits per heavy atom. The van der Waals surface area contributed by atoms with Gasteiger partial charge in [0.15, 0.2) is 0 Å². The number of carbonyl (C=O) groups is 1. The zero-order chi connectivity index (χ0) is 24.0. The van der Waals surface area contributed by atoms with Gasteiger partial charge in [-0.1, -0.05) is 36.4 Å². The molecule has 0 spiro atoms. The second-order valence-electron chi connectivity index (χ2n) is 7.75. The van der Waals surface area contributed by atoms with Crippen molar-refractivity contribution in [2.24, 2.45) is 0 Å². The van der Waals surface area contributed by atoms with E-state index in [-0.39, 0.29) is 16.1 Å². The lowest BCUT2D eigenvalue weighted by molar-refractivity contribution is -0.116. The van der Waals surface area contributed by atoms with Crippen molar-refractivity contribution in [3.63, 3.8) is 0 Å². The van der Waals surface area contributed by atoms with E-state index in [0.29, 0.717) is 16.5 Å². The van der Waals surface area contributed by atoms with Crippen molar-refractivity contribution >= 4 is 43.2 Å². The fourth-order valence-corrected chi connectivity index (χ4v) is 4.98. The van der Waals surface area contributed by atoms with Crippen LogP contribution in [-0.4, -0.2) is 15.0 Å². The van der Waals surface area contributed by atoms with Gasteiger partial charge < -0.3 is 5.32 Å². The molecule has 0 aliphatic rings. The van der Waals surface area contributed by atoms with Gasteiger partial charge in [-0.2, -0.15) is 0 Å². The molecule has 1 amide bonds. The van der Waals surface area contributed by atoms with E-state index < -0.39 is 35.3 Å². The van der Waals surface area contributed by atoms with Gasteiger partial charge in [-0.3, -0.25) is 14.2 Å². The molecule has 0 radical (unpaired) electrons. The first-order valence-electron chi connectivity index (χ1n) is 10.3. The number of aryl methyl sites for hydroxylation is 1. The van der Waals surface area contributed by atoms with Crippen LogP contribution in [0.25, 0.3) is 26.0 Å². The maximum atomic E-state index is 14.3. The number of halogens is 2. The maximum Gasteiger partial charge on any atom is 0.336 e. The van der Waals surface area contributed by atoms with E-state index in [1.807, 2.05) is 6.07 Å². The summed E-state index contributed by atoms with van der Waals surface area (Å²) in [5.74, 6) is -1.83. The summed E-state index contributed by atoms with van der Waals surface area (Å²) in [7, 11) is 0. The van der Waals surface area contributed by atoms with Crippen LogP contribution in [0.1, 0.15) is 5.56 Å². The monoisotopic (exact) mass is 477 g/mol. The molecule has 1 N–H and O–H groups in total. The number of thiophene rings is 1. The molecule has 0 aliphatic carbocycles. The first-order valence-corrected chi connectivity index (χ1v) is 11.1. The van der Waals surface area contributed by atoms with Gasteiger partial charge in [-0.05, 0) is 42.8 Å². The molecule has 0 saturated carbocycles. The van der Waals surface area contributed by atoms with Gasteiger partial charge in [0.1, 0.15) is 22.9 Å². The summed E-state index contributed by atoms with van der Waals surface area (Å²) in [5, 5.41) is 3.10. The minimum absolute atomic E-state index is 0.0269. The fraction of sp³-hybridized carbons (Fsp3) is 0.0800. The molecule has 9 heteroatoms. The Morgan fingerprint density at radius 3 is 2.47 bits per heavy atom. The van der Waals surface area contributed by atoms with Crippen LogP contribution >= 0.6 is 11.3 Å². The molecule has 2 aromatic heterocycles. The number of amides is 1. The summed E-state index contributed by atoms with van der Waals surface area (Å²) in [5.41, 5.74) is -0.697. The lowest BCUT2D eigenvalue weighted by atomic mass is 10.2. The van der Waals surface area contributed by atoms with Crippen LogP contribution < -0.4 is 16.6 Å². The van der Waals surface area contributed by atoms with E-state index in [1.54, 1.807) is 31.2 Å². The van der Waals surface area contributed by atoms with Gasteiger partial charge in [-0.25, -0.2) is 18.1 Å². The molecule has 0 bridgehead atoms. The molecule has 5 rings (SSSR count). The Balaban J connectivity index is 1.74. The topological polar surface area (TPSA) is 73.1 Å². The van der Waals surface area contributed by atoms with Crippen molar-refractivity contribution in [2.75, 3.05) is 5.32 Å². The number of hydrogen-bond donors (Lipinski definition) is 1. The zero-order valence-corrected chi connectivity index (χ0v) is 18.7. The molecule has 5 aromatic rings. The van der Waals surface area contributed by atoms with Crippen molar-refractivity contribution in [2.45, 2.75) is 13.5 Å². The molecular weight excluding hydrogens is 460 g/mol. The second-order valence-corrected chi connectivity index (χ2v) is 8.80. The van der Waals surface area contributed by atoms with Crippen LogP contribution in [0.3, 0.4) is 0 Å². The van der Waals surface area contributed by atoms with E-state index in [1.165, 1.54) is 46.2 Å². The molecular formula is C25H17F2N3O3S. The largest absolute Gasteiger partial charge is 0.336 e. The highest BCUT2D eigenvalue weighted by atomic mass is 32.1. The summed E-state index contributed by atoms with van der Waals surface area (Å²) in [6.45, 7) is 1.10. The van der Waals surface area contributed by atoms with Gasteiger partial charge >= 0.3 is 5.69 Å². The maximum absolute atomic E-state index is 14.3. The molecule has 0 saturated heterocycles. The molecule has 0 unspecified atom stereocenters. The normalized spacial score (nSPS) is 11.3. The summed E-state index contributed by atoms with van der Waals surface area (Å²) in [6.07, 6.45) is 0. The van der Waals surface area contributed by atoms with Crippen LogP contribution in [0, 0.1) is 18.6 Å². The second kappa shape index (κ2) is 8.35. The Labute approximate surface area is 195 Å². The van der Waals surface area contributed by atoms with Crippen molar-refractivity contribution in [3.05, 3.63) is 105 Å². The Kier molecular flexibility index (Phi) is 5.33. The number of carbonyl (C=O) groups excluding carboxylic acids is 1. The lowest BCUT2D eigenvalue weighted by Gasteiger charge is -2.13. The summed E-state index contributed by atoms with van der Waals surface area (Å²) >= 11 is 1.18. The van der Waals surface area contributed by atoms with Gasteiger partial charge in [0.05, 0.1) is 16.9 Å². The molecule has 2 heterocycles. The quantitative estimate of drug-likeness (QED) is 0.412. The van der Waals surface area contributed by atoms with Crippen molar-refractivity contribution in [1.82, 2.24) is 9.13 Å². The SMILES string of the molecule is Cc1ccc(-n2c(=O)c3sc4ccccc4c3n(CC(=O)Nc3ccccc3F)c2=O)cc1F. The third-order valence-electron chi connectivity index (χ3n) is 5.52. The lowest BCUT2D eigenvalue weighted by Crippen LogP contribution is -2.40. The minimum Gasteiger partial charge on any atom is -0.322 e. The molecule has 0 aliphatic heterocycles. The van der Waals surface area contributed by atoms with Crippen LogP contribution in [0.5, 0.6) is 0 Å². The van der Waals surface area contributed by atoms with Crippen molar-refractivity contribution in [3.8, 4) is 5.69 Å². The van der Waals surface area contributed by atoms with E-state index in [0.717, 1.165) is 15.3 Å². The molecule has 170 valence electrons. The number of fused-ring (bicyclic) bond motifs is 3. The highest BCUT2D eigenvalue weighted by Crippen LogP contribution is 2.31. The minimum atomic E-state index is -0.798. The van der Waals surface area contributed by atoms with Crippen LogP contribution in [0.4, 0.5) is 14.5 Å². The number of anilines is 1. The number of hydrogen-bond acceptors (Lipinski definition) is 4. The van der Waals surface area contributed by atoms with Crippen LogP contribution in [-0.2, 0) is 11.3 Å². The number of benzene rings is 3. The summed E-state index contributed by atoms with van der Waals surface area (Å²) in [4.78, 5) is 39.8. The number of nitrogens with zero attached hydrogens (tertiary/aromatic N) is 2.